The van der Waals surface area contributed by atoms with Crippen molar-refractivity contribution in [3.63, 3.8) is 0 Å². The summed E-state index contributed by atoms with van der Waals surface area (Å²) in [6, 6.07) is 10.3. The minimum Gasteiger partial charge on any atom is -0.369 e. The van der Waals surface area contributed by atoms with Crippen molar-refractivity contribution in [1.29, 1.82) is 0 Å². The molecule has 130 valence electrons. The van der Waals surface area contributed by atoms with Crippen LogP contribution in [0, 0.1) is 6.92 Å². The van der Waals surface area contributed by atoms with Gasteiger partial charge in [-0.2, -0.15) is 5.10 Å². The molecule has 0 spiro atoms. The van der Waals surface area contributed by atoms with Gasteiger partial charge in [-0.1, -0.05) is 17.7 Å². The molecule has 0 bridgehead atoms. The molecule has 0 atom stereocenters. The van der Waals surface area contributed by atoms with Gasteiger partial charge in [0.15, 0.2) is 5.82 Å². The van der Waals surface area contributed by atoms with E-state index in [9.17, 15) is 8.42 Å². The molecule has 0 fully saturated rings. The van der Waals surface area contributed by atoms with E-state index in [4.69, 9.17) is 0 Å². The van der Waals surface area contributed by atoms with Crippen LogP contribution in [0.2, 0.25) is 0 Å². The van der Waals surface area contributed by atoms with Gasteiger partial charge in [0.1, 0.15) is 12.1 Å². The van der Waals surface area contributed by atoms with Gasteiger partial charge in [-0.05, 0) is 25.1 Å². The van der Waals surface area contributed by atoms with Gasteiger partial charge in [-0.15, -0.1) is 0 Å². The van der Waals surface area contributed by atoms with Crippen LogP contribution in [0.25, 0.3) is 5.82 Å². The number of hydrogen-bond donors (Lipinski definition) is 2. The zero-order valence-corrected chi connectivity index (χ0v) is 14.4. The third kappa shape index (κ3) is 4.40. The molecule has 3 rings (SSSR count). The first kappa shape index (κ1) is 17.1. The number of nitrogens with one attached hydrogen (secondary N) is 2. The molecular formula is C16H18N6O2S. The standard InChI is InChI=1S/C16H18N6O2S/c1-13-3-5-14(6-4-13)25(23,24)21-9-8-17-15-11-16(19-12-18-15)22-10-2-7-20-22/h2-7,10-12,21H,8-9H2,1H3,(H,17,18,19). The zero-order valence-electron chi connectivity index (χ0n) is 13.6. The monoisotopic (exact) mass is 358 g/mol. The number of aromatic nitrogens is 4. The summed E-state index contributed by atoms with van der Waals surface area (Å²) in [6.07, 6.45) is 4.87. The average molecular weight is 358 g/mol. The minimum absolute atomic E-state index is 0.233. The molecule has 0 saturated carbocycles. The van der Waals surface area contributed by atoms with Crippen LogP contribution >= 0.6 is 0 Å². The van der Waals surface area contributed by atoms with E-state index >= 15 is 0 Å². The third-order valence-electron chi connectivity index (χ3n) is 3.45. The van der Waals surface area contributed by atoms with E-state index < -0.39 is 10.0 Å². The Bertz CT molecular complexity index is 924. The van der Waals surface area contributed by atoms with Gasteiger partial charge in [0.2, 0.25) is 10.0 Å². The van der Waals surface area contributed by atoms with E-state index in [2.05, 4.69) is 25.1 Å². The molecule has 0 amide bonds. The maximum atomic E-state index is 12.2. The second kappa shape index (κ2) is 7.41. The fraction of sp³-hybridized carbons (Fsp3) is 0.188. The van der Waals surface area contributed by atoms with E-state index in [1.54, 1.807) is 53.5 Å². The van der Waals surface area contributed by atoms with Crippen LogP contribution in [-0.4, -0.2) is 41.3 Å². The number of rotatable bonds is 7. The van der Waals surface area contributed by atoms with Crippen molar-refractivity contribution in [2.75, 3.05) is 18.4 Å². The Labute approximate surface area is 146 Å². The molecule has 2 aromatic heterocycles. The summed E-state index contributed by atoms with van der Waals surface area (Å²) < 4.78 is 28.6. The SMILES string of the molecule is Cc1ccc(S(=O)(=O)NCCNc2cc(-n3cccn3)ncn2)cc1. The lowest BCUT2D eigenvalue weighted by molar-refractivity contribution is 0.583. The molecule has 8 nitrogen and oxygen atoms in total. The van der Waals surface area contributed by atoms with Crippen LogP contribution in [-0.2, 0) is 10.0 Å². The number of benzene rings is 1. The Hall–Kier alpha value is -2.78. The molecule has 25 heavy (non-hydrogen) atoms. The molecule has 0 aliphatic carbocycles. The Morgan fingerprint density at radius 2 is 1.92 bits per heavy atom. The second-order valence-electron chi connectivity index (χ2n) is 5.35. The molecule has 1 aromatic carbocycles. The van der Waals surface area contributed by atoms with Gasteiger partial charge < -0.3 is 5.32 Å². The highest BCUT2D eigenvalue weighted by molar-refractivity contribution is 7.89. The highest BCUT2D eigenvalue weighted by Crippen LogP contribution is 2.10. The average Bonchev–Trinajstić information content (AvgIpc) is 3.14. The molecule has 0 aliphatic heterocycles. The van der Waals surface area contributed by atoms with E-state index in [1.165, 1.54) is 6.33 Å². The van der Waals surface area contributed by atoms with Gasteiger partial charge in [-0.3, -0.25) is 0 Å². The molecule has 0 aliphatic rings. The maximum Gasteiger partial charge on any atom is 0.240 e. The van der Waals surface area contributed by atoms with Crippen molar-refractivity contribution < 1.29 is 8.42 Å². The molecule has 2 heterocycles. The number of hydrogen-bond acceptors (Lipinski definition) is 6. The molecule has 9 heteroatoms. The normalized spacial score (nSPS) is 11.4. The smallest absolute Gasteiger partial charge is 0.240 e. The van der Waals surface area contributed by atoms with Gasteiger partial charge in [0, 0.05) is 31.5 Å². The molecule has 0 saturated heterocycles. The van der Waals surface area contributed by atoms with E-state index in [-0.39, 0.29) is 11.4 Å². The Morgan fingerprint density at radius 1 is 1.12 bits per heavy atom. The molecule has 0 unspecified atom stereocenters. The first-order valence-electron chi connectivity index (χ1n) is 7.67. The molecule has 3 aromatic rings. The van der Waals surface area contributed by atoms with E-state index in [1.807, 2.05) is 6.92 Å². The van der Waals surface area contributed by atoms with Crippen LogP contribution in [0.1, 0.15) is 5.56 Å². The minimum atomic E-state index is -3.51. The van der Waals surface area contributed by atoms with Crippen molar-refractivity contribution in [3.8, 4) is 5.82 Å². The second-order valence-corrected chi connectivity index (χ2v) is 7.12. The quantitative estimate of drug-likeness (QED) is 0.619. The Kier molecular flexibility index (Phi) is 5.05. The number of sulfonamides is 1. The van der Waals surface area contributed by atoms with Gasteiger partial charge in [0.25, 0.3) is 0 Å². The molecular weight excluding hydrogens is 340 g/mol. The van der Waals surface area contributed by atoms with Crippen molar-refractivity contribution in [2.24, 2.45) is 0 Å². The first-order valence-corrected chi connectivity index (χ1v) is 9.15. The van der Waals surface area contributed by atoms with Crippen LogP contribution in [0.4, 0.5) is 5.82 Å². The Balaban J connectivity index is 1.55. The molecule has 2 N–H and O–H groups in total. The maximum absolute atomic E-state index is 12.2. The first-order chi connectivity index (χ1) is 12.0. The fourth-order valence-electron chi connectivity index (χ4n) is 2.15. The fourth-order valence-corrected chi connectivity index (χ4v) is 3.18. The largest absolute Gasteiger partial charge is 0.369 e. The van der Waals surface area contributed by atoms with Crippen LogP contribution < -0.4 is 10.0 Å². The van der Waals surface area contributed by atoms with E-state index in [0.29, 0.717) is 18.2 Å². The topological polar surface area (TPSA) is 102 Å². The zero-order chi connectivity index (χ0) is 17.7. The van der Waals surface area contributed by atoms with Gasteiger partial charge in [0.05, 0.1) is 4.90 Å². The highest BCUT2D eigenvalue weighted by atomic mass is 32.2. The van der Waals surface area contributed by atoms with Crippen LogP contribution in [0.3, 0.4) is 0 Å². The van der Waals surface area contributed by atoms with Gasteiger partial charge in [-0.25, -0.2) is 27.8 Å². The number of aryl methyl sites for hydroxylation is 1. The van der Waals surface area contributed by atoms with Crippen molar-refractivity contribution >= 4 is 15.8 Å². The predicted octanol–water partition coefficient (Wildman–Crippen LogP) is 1.36. The lowest BCUT2D eigenvalue weighted by atomic mass is 10.2. The summed E-state index contributed by atoms with van der Waals surface area (Å²) in [6.45, 7) is 2.53. The number of nitrogens with zero attached hydrogens (tertiary/aromatic N) is 4. The third-order valence-corrected chi connectivity index (χ3v) is 4.92. The lowest BCUT2D eigenvalue weighted by Crippen LogP contribution is -2.29. The van der Waals surface area contributed by atoms with Crippen molar-refractivity contribution in [1.82, 2.24) is 24.5 Å². The van der Waals surface area contributed by atoms with Gasteiger partial charge >= 0.3 is 0 Å². The summed E-state index contributed by atoms with van der Waals surface area (Å²) in [5, 5.41) is 7.16. The summed E-state index contributed by atoms with van der Waals surface area (Å²) in [5.74, 6) is 1.22. The summed E-state index contributed by atoms with van der Waals surface area (Å²) in [7, 11) is -3.51. The lowest BCUT2D eigenvalue weighted by Gasteiger charge is -2.09. The van der Waals surface area contributed by atoms with E-state index in [0.717, 1.165) is 5.56 Å². The summed E-state index contributed by atoms with van der Waals surface area (Å²) in [4.78, 5) is 8.50. The van der Waals surface area contributed by atoms with Crippen molar-refractivity contribution in [3.05, 3.63) is 60.7 Å². The predicted molar refractivity (Wildman–Crippen MR) is 94.0 cm³/mol. The highest BCUT2D eigenvalue weighted by Gasteiger charge is 2.12. The Morgan fingerprint density at radius 3 is 2.64 bits per heavy atom. The van der Waals surface area contributed by atoms with Crippen LogP contribution in [0.15, 0.2) is 60.0 Å². The number of anilines is 1. The summed E-state index contributed by atoms with van der Waals surface area (Å²) in [5.41, 5.74) is 1.01. The van der Waals surface area contributed by atoms with Crippen molar-refractivity contribution in [2.45, 2.75) is 11.8 Å². The van der Waals surface area contributed by atoms with Crippen LogP contribution in [0.5, 0.6) is 0 Å². The molecule has 0 radical (unpaired) electrons. The summed E-state index contributed by atoms with van der Waals surface area (Å²) >= 11 is 0.